The SMILES string of the molecule is O=C(/C(=C/c1cccc(Br)c1)c1nc2ccccc2o1)c1ccccc1. The molecule has 4 aromatic rings. The van der Waals surface area contributed by atoms with Gasteiger partial charge in [-0.05, 0) is 35.9 Å². The van der Waals surface area contributed by atoms with E-state index in [0.29, 0.717) is 22.6 Å². The summed E-state index contributed by atoms with van der Waals surface area (Å²) in [7, 11) is 0. The fourth-order valence-corrected chi connectivity index (χ4v) is 3.14. The molecule has 1 aromatic heterocycles. The number of benzene rings is 3. The van der Waals surface area contributed by atoms with E-state index in [2.05, 4.69) is 20.9 Å². The number of hydrogen-bond acceptors (Lipinski definition) is 3. The van der Waals surface area contributed by atoms with Crippen LogP contribution in [0.2, 0.25) is 0 Å². The van der Waals surface area contributed by atoms with E-state index in [1.165, 1.54) is 0 Å². The van der Waals surface area contributed by atoms with Gasteiger partial charge in [0, 0.05) is 10.0 Å². The summed E-state index contributed by atoms with van der Waals surface area (Å²) in [4.78, 5) is 17.6. The molecule has 126 valence electrons. The summed E-state index contributed by atoms with van der Waals surface area (Å²) in [6, 6.07) is 24.4. The van der Waals surface area contributed by atoms with Gasteiger partial charge in [0.1, 0.15) is 5.52 Å². The monoisotopic (exact) mass is 403 g/mol. The Bertz CT molecular complexity index is 1080. The summed E-state index contributed by atoms with van der Waals surface area (Å²) < 4.78 is 6.80. The van der Waals surface area contributed by atoms with Crippen LogP contribution in [-0.2, 0) is 0 Å². The number of para-hydroxylation sites is 2. The van der Waals surface area contributed by atoms with E-state index in [9.17, 15) is 4.79 Å². The molecule has 0 bridgehead atoms. The van der Waals surface area contributed by atoms with Crippen LogP contribution < -0.4 is 0 Å². The van der Waals surface area contributed by atoms with Crippen molar-refractivity contribution in [2.24, 2.45) is 0 Å². The van der Waals surface area contributed by atoms with Crippen LogP contribution in [0.3, 0.4) is 0 Å². The zero-order valence-electron chi connectivity index (χ0n) is 13.7. The van der Waals surface area contributed by atoms with Gasteiger partial charge in [0.25, 0.3) is 0 Å². The summed E-state index contributed by atoms with van der Waals surface area (Å²) in [5.74, 6) is 0.192. The first kappa shape index (κ1) is 16.5. The van der Waals surface area contributed by atoms with Crippen molar-refractivity contribution in [3.05, 3.63) is 100 Å². The summed E-state index contributed by atoms with van der Waals surface area (Å²) in [6.45, 7) is 0. The number of rotatable bonds is 4. The molecule has 26 heavy (non-hydrogen) atoms. The first-order valence-electron chi connectivity index (χ1n) is 8.14. The van der Waals surface area contributed by atoms with Crippen LogP contribution in [-0.4, -0.2) is 10.8 Å². The molecule has 0 amide bonds. The van der Waals surface area contributed by atoms with Crippen molar-refractivity contribution in [3.8, 4) is 0 Å². The molecule has 3 aromatic carbocycles. The third-order valence-electron chi connectivity index (χ3n) is 3.96. The zero-order chi connectivity index (χ0) is 17.9. The van der Waals surface area contributed by atoms with Crippen molar-refractivity contribution >= 4 is 44.5 Å². The zero-order valence-corrected chi connectivity index (χ0v) is 15.3. The summed E-state index contributed by atoms with van der Waals surface area (Å²) >= 11 is 3.47. The second-order valence-corrected chi connectivity index (χ2v) is 6.71. The number of Topliss-reactive ketones (excluding diaryl/α,β-unsaturated/α-hetero) is 1. The molecule has 0 aliphatic rings. The number of halogens is 1. The fraction of sp³-hybridized carbons (Fsp3) is 0. The third-order valence-corrected chi connectivity index (χ3v) is 4.46. The van der Waals surface area contributed by atoms with E-state index in [4.69, 9.17) is 4.42 Å². The molecule has 0 atom stereocenters. The molecule has 0 saturated carbocycles. The summed E-state index contributed by atoms with van der Waals surface area (Å²) in [5.41, 5.74) is 3.29. The lowest BCUT2D eigenvalue weighted by Gasteiger charge is -2.04. The van der Waals surface area contributed by atoms with Crippen LogP contribution in [0.4, 0.5) is 0 Å². The molecule has 0 radical (unpaired) electrons. The van der Waals surface area contributed by atoms with Crippen LogP contribution >= 0.6 is 15.9 Å². The number of carbonyl (C=O) groups is 1. The number of nitrogens with zero attached hydrogens (tertiary/aromatic N) is 1. The van der Waals surface area contributed by atoms with E-state index in [1.807, 2.05) is 72.8 Å². The lowest BCUT2D eigenvalue weighted by Crippen LogP contribution is -2.03. The standard InChI is InChI=1S/C22H14BrNO2/c23-17-10-6-7-15(13-17)14-18(21(25)16-8-2-1-3-9-16)22-24-19-11-4-5-12-20(19)26-22/h1-14H/b18-14-. The molecule has 0 spiro atoms. The lowest BCUT2D eigenvalue weighted by atomic mass is 10.0. The number of allylic oxidation sites excluding steroid dienone is 1. The van der Waals surface area contributed by atoms with Gasteiger partial charge in [0.05, 0.1) is 5.57 Å². The Hall–Kier alpha value is -2.98. The minimum atomic E-state index is -0.128. The third kappa shape index (κ3) is 3.37. The number of fused-ring (bicyclic) bond motifs is 1. The Labute approximate surface area is 159 Å². The van der Waals surface area contributed by atoms with Gasteiger partial charge in [0.15, 0.2) is 11.4 Å². The molecule has 1 heterocycles. The van der Waals surface area contributed by atoms with E-state index in [1.54, 1.807) is 12.1 Å². The van der Waals surface area contributed by atoms with Crippen molar-refractivity contribution in [3.63, 3.8) is 0 Å². The quantitative estimate of drug-likeness (QED) is 0.309. The van der Waals surface area contributed by atoms with Gasteiger partial charge in [-0.2, -0.15) is 0 Å². The molecular weight excluding hydrogens is 390 g/mol. The van der Waals surface area contributed by atoms with Gasteiger partial charge >= 0.3 is 0 Å². The first-order chi connectivity index (χ1) is 12.7. The smallest absolute Gasteiger partial charge is 0.231 e. The summed E-state index contributed by atoms with van der Waals surface area (Å²) in [5, 5.41) is 0. The average molecular weight is 404 g/mol. The maximum Gasteiger partial charge on any atom is 0.231 e. The predicted molar refractivity (Wildman–Crippen MR) is 107 cm³/mol. The highest BCUT2D eigenvalue weighted by Gasteiger charge is 2.20. The Balaban J connectivity index is 1.87. The van der Waals surface area contributed by atoms with Gasteiger partial charge in [-0.25, -0.2) is 4.98 Å². The lowest BCUT2D eigenvalue weighted by molar-refractivity contribution is 0.105. The van der Waals surface area contributed by atoms with Crippen molar-refractivity contribution in [1.29, 1.82) is 0 Å². The Morgan fingerprint density at radius 3 is 2.46 bits per heavy atom. The topological polar surface area (TPSA) is 43.1 Å². The summed E-state index contributed by atoms with van der Waals surface area (Å²) in [6.07, 6.45) is 1.81. The van der Waals surface area contributed by atoms with E-state index in [-0.39, 0.29) is 5.78 Å². The van der Waals surface area contributed by atoms with Crippen LogP contribution in [0.25, 0.3) is 22.7 Å². The molecule has 4 heteroatoms. The van der Waals surface area contributed by atoms with Crippen LogP contribution in [0.15, 0.2) is 87.8 Å². The number of carbonyl (C=O) groups excluding carboxylic acids is 1. The van der Waals surface area contributed by atoms with Crippen LogP contribution in [0.5, 0.6) is 0 Å². The van der Waals surface area contributed by atoms with Gasteiger partial charge in [0.2, 0.25) is 5.89 Å². The molecule has 0 fully saturated rings. The first-order valence-corrected chi connectivity index (χ1v) is 8.93. The van der Waals surface area contributed by atoms with Gasteiger partial charge in [-0.15, -0.1) is 0 Å². The Morgan fingerprint density at radius 2 is 1.69 bits per heavy atom. The van der Waals surface area contributed by atoms with E-state index < -0.39 is 0 Å². The molecule has 3 nitrogen and oxygen atoms in total. The molecule has 0 N–H and O–H groups in total. The van der Waals surface area contributed by atoms with E-state index >= 15 is 0 Å². The number of aromatic nitrogens is 1. The highest BCUT2D eigenvalue weighted by atomic mass is 79.9. The largest absolute Gasteiger partial charge is 0.436 e. The maximum atomic E-state index is 13.1. The highest BCUT2D eigenvalue weighted by Crippen LogP contribution is 2.26. The molecule has 0 saturated heterocycles. The predicted octanol–water partition coefficient (Wildman–Crippen LogP) is 6.01. The van der Waals surface area contributed by atoms with Crippen molar-refractivity contribution in [1.82, 2.24) is 4.98 Å². The van der Waals surface area contributed by atoms with Crippen molar-refractivity contribution in [2.75, 3.05) is 0 Å². The van der Waals surface area contributed by atoms with Gasteiger partial charge in [-0.3, -0.25) is 4.79 Å². The molecular formula is C22H14BrNO2. The second-order valence-electron chi connectivity index (χ2n) is 5.79. The maximum absolute atomic E-state index is 13.1. The van der Waals surface area contributed by atoms with Crippen molar-refractivity contribution in [2.45, 2.75) is 0 Å². The van der Waals surface area contributed by atoms with Crippen LogP contribution in [0.1, 0.15) is 21.8 Å². The average Bonchev–Trinajstić information content (AvgIpc) is 3.10. The fourth-order valence-electron chi connectivity index (χ4n) is 2.72. The minimum absolute atomic E-state index is 0.128. The normalized spacial score (nSPS) is 11.7. The minimum Gasteiger partial charge on any atom is -0.436 e. The Morgan fingerprint density at radius 1 is 0.923 bits per heavy atom. The van der Waals surface area contributed by atoms with Crippen LogP contribution in [0, 0.1) is 0 Å². The second kappa shape index (κ2) is 7.10. The molecule has 0 unspecified atom stereocenters. The van der Waals surface area contributed by atoms with Gasteiger partial charge < -0.3 is 4.42 Å². The highest BCUT2D eigenvalue weighted by molar-refractivity contribution is 9.10. The molecule has 0 aliphatic heterocycles. The van der Waals surface area contributed by atoms with Crippen molar-refractivity contribution < 1.29 is 9.21 Å². The molecule has 4 rings (SSSR count). The number of oxazole rings is 1. The van der Waals surface area contributed by atoms with Gasteiger partial charge in [-0.1, -0.05) is 70.5 Å². The number of hydrogen-bond donors (Lipinski definition) is 0. The molecule has 0 aliphatic carbocycles. The Kier molecular flexibility index (Phi) is 4.50. The number of ketones is 1. The van der Waals surface area contributed by atoms with E-state index in [0.717, 1.165) is 15.6 Å².